The van der Waals surface area contributed by atoms with E-state index < -0.39 is 0 Å². The summed E-state index contributed by atoms with van der Waals surface area (Å²) in [5, 5.41) is 7.29. The lowest BCUT2D eigenvalue weighted by atomic mass is 10.2. The van der Waals surface area contributed by atoms with Gasteiger partial charge in [-0.25, -0.2) is 19.6 Å². The molecule has 2 heterocycles. The molecule has 0 saturated heterocycles. The first-order valence-corrected chi connectivity index (χ1v) is 6.76. The van der Waals surface area contributed by atoms with Crippen LogP contribution < -0.4 is 5.32 Å². The number of nitrogens with zero attached hydrogens (tertiary/aromatic N) is 5. The van der Waals surface area contributed by atoms with Crippen molar-refractivity contribution >= 4 is 21.7 Å². The maximum atomic E-state index is 4.19. The summed E-state index contributed by atoms with van der Waals surface area (Å²) in [5.41, 5.74) is 1.18. The van der Waals surface area contributed by atoms with Crippen LogP contribution in [-0.4, -0.2) is 24.7 Å². The van der Waals surface area contributed by atoms with Gasteiger partial charge >= 0.3 is 0 Å². The lowest BCUT2D eigenvalue weighted by Gasteiger charge is -2.07. The largest absolute Gasteiger partial charge is 0.366 e. The van der Waals surface area contributed by atoms with Gasteiger partial charge in [0.2, 0.25) is 0 Å². The quantitative estimate of drug-likeness (QED) is 0.795. The van der Waals surface area contributed by atoms with Crippen molar-refractivity contribution in [2.24, 2.45) is 0 Å². The highest BCUT2D eigenvalue weighted by Gasteiger charge is 2.01. The van der Waals surface area contributed by atoms with Gasteiger partial charge in [-0.05, 0) is 17.7 Å². The molecule has 0 aliphatic heterocycles. The van der Waals surface area contributed by atoms with Crippen molar-refractivity contribution in [3.8, 4) is 5.82 Å². The van der Waals surface area contributed by atoms with Crippen molar-refractivity contribution in [3.05, 3.63) is 59.3 Å². The number of anilines is 1. The van der Waals surface area contributed by atoms with Gasteiger partial charge in [0.15, 0.2) is 5.82 Å². The summed E-state index contributed by atoms with van der Waals surface area (Å²) >= 11 is 3.42. The van der Waals surface area contributed by atoms with E-state index in [2.05, 4.69) is 53.4 Å². The number of aromatic nitrogens is 5. The maximum absolute atomic E-state index is 4.19. The number of hydrogen-bond acceptors (Lipinski definition) is 5. The molecule has 0 spiro atoms. The summed E-state index contributed by atoms with van der Waals surface area (Å²) in [6, 6.07) is 9.95. The Morgan fingerprint density at radius 3 is 2.70 bits per heavy atom. The van der Waals surface area contributed by atoms with E-state index in [-0.39, 0.29) is 0 Å². The lowest BCUT2D eigenvalue weighted by Crippen LogP contribution is -2.04. The van der Waals surface area contributed by atoms with E-state index in [4.69, 9.17) is 0 Å². The Morgan fingerprint density at radius 2 is 1.95 bits per heavy atom. The van der Waals surface area contributed by atoms with Gasteiger partial charge in [-0.15, -0.1) is 0 Å². The summed E-state index contributed by atoms with van der Waals surface area (Å²) in [6.45, 7) is 0.696. The van der Waals surface area contributed by atoms with Gasteiger partial charge in [0.05, 0.1) is 0 Å². The molecule has 6 nitrogen and oxygen atoms in total. The number of hydrogen-bond donors (Lipinski definition) is 1. The van der Waals surface area contributed by atoms with Crippen LogP contribution in [0.3, 0.4) is 0 Å². The molecule has 20 heavy (non-hydrogen) atoms. The van der Waals surface area contributed by atoms with Gasteiger partial charge < -0.3 is 5.32 Å². The van der Waals surface area contributed by atoms with Crippen LogP contribution in [0, 0.1) is 0 Å². The van der Waals surface area contributed by atoms with Crippen molar-refractivity contribution in [2.45, 2.75) is 6.54 Å². The first kappa shape index (κ1) is 12.7. The fourth-order valence-corrected chi connectivity index (χ4v) is 1.95. The van der Waals surface area contributed by atoms with Crippen molar-refractivity contribution in [2.75, 3.05) is 5.32 Å². The summed E-state index contributed by atoms with van der Waals surface area (Å²) in [4.78, 5) is 12.2. The molecule has 0 atom stereocenters. The predicted octanol–water partition coefficient (Wildman–Crippen LogP) is 2.43. The second-order valence-corrected chi connectivity index (χ2v) is 5.00. The molecular weight excluding hydrogens is 320 g/mol. The van der Waals surface area contributed by atoms with E-state index in [1.807, 2.05) is 18.2 Å². The molecule has 1 aromatic carbocycles. The minimum atomic E-state index is 0.677. The zero-order chi connectivity index (χ0) is 13.8. The highest BCUT2D eigenvalue weighted by atomic mass is 79.9. The van der Waals surface area contributed by atoms with Crippen LogP contribution in [-0.2, 0) is 6.54 Å². The maximum Gasteiger partial charge on any atom is 0.160 e. The SMILES string of the molecule is Brc1ccc(CNc2cc(-n3cncn3)ncn2)cc1. The van der Waals surface area contributed by atoms with E-state index in [9.17, 15) is 0 Å². The molecule has 0 fully saturated rings. The molecular formula is C13H11BrN6. The molecule has 3 rings (SSSR count). The number of halogens is 1. The molecule has 0 bridgehead atoms. The summed E-state index contributed by atoms with van der Waals surface area (Å²) in [6.07, 6.45) is 4.57. The lowest BCUT2D eigenvalue weighted by molar-refractivity contribution is 0.837. The Balaban J connectivity index is 1.72. The molecule has 2 aromatic heterocycles. The normalized spacial score (nSPS) is 10.4. The molecule has 1 N–H and O–H groups in total. The third kappa shape index (κ3) is 3.00. The zero-order valence-corrected chi connectivity index (χ0v) is 12.0. The minimum absolute atomic E-state index is 0.677. The second-order valence-electron chi connectivity index (χ2n) is 4.08. The average Bonchev–Trinajstić information content (AvgIpc) is 3.01. The highest BCUT2D eigenvalue weighted by molar-refractivity contribution is 9.10. The minimum Gasteiger partial charge on any atom is -0.366 e. The molecule has 100 valence electrons. The molecule has 0 aliphatic carbocycles. The standard InChI is InChI=1S/C13H11BrN6/c14-11-3-1-10(2-4-11)6-16-12-5-13(18-8-17-12)20-9-15-7-19-20/h1-5,7-9H,6H2,(H,16,17,18). The van der Waals surface area contributed by atoms with Gasteiger partial charge in [0, 0.05) is 17.1 Å². The Bertz CT molecular complexity index is 680. The van der Waals surface area contributed by atoms with Crippen LogP contribution in [0.4, 0.5) is 5.82 Å². The van der Waals surface area contributed by atoms with Gasteiger partial charge in [-0.2, -0.15) is 5.10 Å². The average molecular weight is 331 g/mol. The van der Waals surface area contributed by atoms with Gasteiger partial charge in [-0.3, -0.25) is 0 Å². The summed E-state index contributed by atoms with van der Waals surface area (Å²) < 4.78 is 2.66. The smallest absolute Gasteiger partial charge is 0.160 e. The van der Waals surface area contributed by atoms with Crippen LogP contribution >= 0.6 is 15.9 Å². The van der Waals surface area contributed by atoms with Crippen LogP contribution in [0.1, 0.15) is 5.56 Å². The molecule has 7 heteroatoms. The van der Waals surface area contributed by atoms with Crippen LogP contribution in [0.15, 0.2) is 53.8 Å². The van der Waals surface area contributed by atoms with Crippen molar-refractivity contribution < 1.29 is 0 Å². The number of rotatable bonds is 4. The van der Waals surface area contributed by atoms with E-state index in [1.165, 1.54) is 18.2 Å². The Hall–Kier alpha value is -2.28. The second kappa shape index (κ2) is 5.79. The Kier molecular flexibility index (Phi) is 3.69. The van der Waals surface area contributed by atoms with Gasteiger partial charge in [0.25, 0.3) is 0 Å². The molecule has 0 radical (unpaired) electrons. The Morgan fingerprint density at radius 1 is 1.10 bits per heavy atom. The van der Waals surface area contributed by atoms with E-state index in [1.54, 1.807) is 11.0 Å². The zero-order valence-electron chi connectivity index (χ0n) is 10.4. The fourth-order valence-electron chi connectivity index (χ4n) is 1.69. The first-order chi connectivity index (χ1) is 9.81. The topological polar surface area (TPSA) is 68.5 Å². The highest BCUT2D eigenvalue weighted by Crippen LogP contribution is 2.12. The number of nitrogens with one attached hydrogen (secondary N) is 1. The number of benzene rings is 1. The molecule has 0 aliphatic rings. The van der Waals surface area contributed by atoms with Crippen LogP contribution in [0.5, 0.6) is 0 Å². The first-order valence-electron chi connectivity index (χ1n) is 5.96. The predicted molar refractivity (Wildman–Crippen MR) is 78.4 cm³/mol. The molecule has 0 unspecified atom stereocenters. The Labute approximate surface area is 124 Å². The molecule has 0 saturated carbocycles. The van der Waals surface area contributed by atoms with Crippen LogP contribution in [0.2, 0.25) is 0 Å². The van der Waals surface area contributed by atoms with Crippen molar-refractivity contribution in [1.29, 1.82) is 0 Å². The monoisotopic (exact) mass is 330 g/mol. The third-order valence-electron chi connectivity index (χ3n) is 2.69. The van der Waals surface area contributed by atoms with Gasteiger partial charge in [-0.1, -0.05) is 28.1 Å². The van der Waals surface area contributed by atoms with Crippen molar-refractivity contribution in [3.63, 3.8) is 0 Å². The molecule has 0 amide bonds. The fraction of sp³-hybridized carbons (Fsp3) is 0.0769. The molecule has 3 aromatic rings. The van der Waals surface area contributed by atoms with Crippen LogP contribution in [0.25, 0.3) is 5.82 Å². The van der Waals surface area contributed by atoms with Crippen molar-refractivity contribution in [1.82, 2.24) is 24.7 Å². The summed E-state index contributed by atoms with van der Waals surface area (Å²) in [7, 11) is 0. The van der Waals surface area contributed by atoms with Gasteiger partial charge in [0.1, 0.15) is 24.8 Å². The van der Waals surface area contributed by atoms with E-state index in [0.717, 1.165) is 10.3 Å². The van der Waals surface area contributed by atoms with E-state index >= 15 is 0 Å². The van der Waals surface area contributed by atoms with E-state index in [0.29, 0.717) is 12.4 Å². The third-order valence-corrected chi connectivity index (χ3v) is 3.22. The summed E-state index contributed by atoms with van der Waals surface area (Å²) in [5.74, 6) is 1.42.